The van der Waals surface area contributed by atoms with Gasteiger partial charge in [0.2, 0.25) is 0 Å². The molecule has 0 aliphatic rings. The summed E-state index contributed by atoms with van der Waals surface area (Å²) in [5, 5.41) is 0. The second-order valence-corrected chi connectivity index (χ2v) is 4.31. The van der Waals surface area contributed by atoms with E-state index in [-0.39, 0.29) is 5.82 Å². The van der Waals surface area contributed by atoms with Crippen LogP contribution in [-0.2, 0) is 10.5 Å². The predicted octanol–water partition coefficient (Wildman–Crippen LogP) is 2.68. The molecular formula is C11H16FNOS. The Morgan fingerprint density at radius 3 is 2.93 bits per heavy atom. The summed E-state index contributed by atoms with van der Waals surface area (Å²) in [5.74, 6) is 1.37. The van der Waals surface area contributed by atoms with Gasteiger partial charge >= 0.3 is 0 Å². The van der Waals surface area contributed by atoms with Crippen LogP contribution in [0.25, 0.3) is 0 Å². The fraction of sp³-hybridized carbons (Fsp3) is 0.455. The van der Waals surface area contributed by atoms with E-state index >= 15 is 0 Å². The predicted molar refractivity (Wildman–Crippen MR) is 63.5 cm³/mol. The van der Waals surface area contributed by atoms with Gasteiger partial charge in [-0.2, -0.15) is 11.8 Å². The van der Waals surface area contributed by atoms with Crippen LogP contribution in [0, 0.1) is 5.82 Å². The molecule has 1 aromatic carbocycles. The number of methoxy groups -OCH3 is 1. The number of anilines is 1. The molecule has 0 aliphatic carbocycles. The molecule has 15 heavy (non-hydrogen) atoms. The Balaban J connectivity index is 2.37. The van der Waals surface area contributed by atoms with Crippen LogP contribution < -0.4 is 5.73 Å². The van der Waals surface area contributed by atoms with Crippen molar-refractivity contribution < 1.29 is 9.13 Å². The van der Waals surface area contributed by atoms with Gasteiger partial charge in [0, 0.05) is 30.7 Å². The van der Waals surface area contributed by atoms with Crippen LogP contribution in [0.2, 0.25) is 0 Å². The molecule has 0 fully saturated rings. The molecule has 0 bridgehead atoms. The lowest BCUT2D eigenvalue weighted by molar-refractivity contribution is 0.200. The number of nitrogen functional groups attached to an aromatic ring is 1. The summed E-state index contributed by atoms with van der Waals surface area (Å²) in [6.07, 6.45) is 0.982. The van der Waals surface area contributed by atoms with Crippen LogP contribution in [-0.4, -0.2) is 19.5 Å². The number of hydrogen-bond acceptors (Lipinski definition) is 3. The lowest BCUT2D eigenvalue weighted by Gasteiger charge is -2.06. The molecule has 0 aromatic heterocycles. The molecule has 0 heterocycles. The number of ether oxygens (including phenoxy) is 1. The first kappa shape index (κ1) is 12.3. The molecule has 0 radical (unpaired) electrons. The Hall–Kier alpha value is -0.740. The molecule has 0 amide bonds. The third-order valence-electron chi connectivity index (χ3n) is 2.04. The summed E-state index contributed by atoms with van der Waals surface area (Å²) in [5.41, 5.74) is 6.83. The number of benzene rings is 1. The van der Waals surface area contributed by atoms with Crippen molar-refractivity contribution in [3.8, 4) is 0 Å². The first-order chi connectivity index (χ1) is 7.25. The van der Waals surface area contributed by atoms with Crippen molar-refractivity contribution >= 4 is 17.4 Å². The fourth-order valence-corrected chi connectivity index (χ4v) is 2.18. The van der Waals surface area contributed by atoms with E-state index < -0.39 is 0 Å². The SMILES string of the molecule is COCCCSCc1c(N)cccc1F. The third kappa shape index (κ3) is 4.10. The van der Waals surface area contributed by atoms with E-state index in [0.29, 0.717) is 17.0 Å². The summed E-state index contributed by atoms with van der Waals surface area (Å²) < 4.78 is 18.2. The summed E-state index contributed by atoms with van der Waals surface area (Å²) in [4.78, 5) is 0. The Morgan fingerprint density at radius 1 is 1.47 bits per heavy atom. The normalized spacial score (nSPS) is 10.5. The van der Waals surface area contributed by atoms with Crippen molar-refractivity contribution in [2.75, 3.05) is 25.2 Å². The van der Waals surface area contributed by atoms with E-state index in [4.69, 9.17) is 10.5 Å². The molecule has 0 aliphatic heterocycles. The lowest BCUT2D eigenvalue weighted by Crippen LogP contribution is -1.97. The first-order valence-electron chi connectivity index (χ1n) is 4.85. The number of hydrogen-bond donors (Lipinski definition) is 1. The van der Waals surface area contributed by atoms with Gasteiger partial charge < -0.3 is 10.5 Å². The zero-order valence-electron chi connectivity index (χ0n) is 8.83. The van der Waals surface area contributed by atoms with E-state index in [1.54, 1.807) is 31.0 Å². The minimum Gasteiger partial charge on any atom is -0.398 e. The maximum atomic E-state index is 13.3. The molecule has 4 heteroatoms. The zero-order chi connectivity index (χ0) is 11.1. The van der Waals surface area contributed by atoms with Crippen molar-refractivity contribution in [1.82, 2.24) is 0 Å². The summed E-state index contributed by atoms with van der Waals surface area (Å²) in [6, 6.07) is 4.80. The van der Waals surface area contributed by atoms with Gasteiger partial charge in [-0.3, -0.25) is 0 Å². The molecule has 2 N–H and O–H groups in total. The number of nitrogens with two attached hydrogens (primary N) is 1. The molecule has 2 nitrogen and oxygen atoms in total. The van der Waals surface area contributed by atoms with E-state index in [1.807, 2.05) is 0 Å². The van der Waals surface area contributed by atoms with Crippen LogP contribution in [0.1, 0.15) is 12.0 Å². The lowest BCUT2D eigenvalue weighted by atomic mass is 10.2. The number of rotatable bonds is 6. The molecule has 1 rings (SSSR count). The average Bonchev–Trinajstić information content (AvgIpc) is 2.21. The maximum Gasteiger partial charge on any atom is 0.129 e. The van der Waals surface area contributed by atoms with Crippen LogP contribution in [0.15, 0.2) is 18.2 Å². The molecule has 0 spiro atoms. The Labute approximate surface area is 94.0 Å². The van der Waals surface area contributed by atoms with Crippen molar-refractivity contribution in [2.24, 2.45) is 0 Å². The number of halogens is 1. The molecule has 0 unspecified atom stereocenters. The maximum absolute atomic E-state index is 13.3. The molecule has 0 saturated carbocycles. The first-order valence-corrected chi connectivity index (χ1v) is 6.00. The second kappa shape index (κ2) is 6.69. The Kier molecular flexibility index (Phi) is 5.50. The zero-order valence-corrected chi connectivity index (χ0v) is 9.65. The van der Waals surface area contributed by atoms with E-state index in [2.05, 4.69) is 0 Å². The molecule has 0 atom stereocenters. The van der Waals surface area contributed by atoms with Gasteiger partial charge in [-0.05, 0) is 24.3 Å². The quantitative estimate of drug-likeness (QED) is 0.601. The second-order valence-electron chi connectivity index (χ2n) is 3.21. The van der Waals surface area contributed by atoms with E-state index in [9.17, 15) is 4.39 Å². The molecule has 1 aromatic rings. The molecule has 84 valence electrons. The van der Waals surface area contributed by atoms with Crippen LogP contribution in [0.3, 0.4) is 0 Å². The van der Waals surface area contributed by atoms with Gasteiger partial charge in [-0.1, -0.05) is 6.07 Å². The van der Waals surface area contributed by atoms with Crippen molar-refractivity contribution in [1.29, 1.82) is 0 Å². The van der Waals surface area contributed by atoms with Crippen molar-refractivity contribution in [3.05, 3.63) is 29.6 Å². The van der Waals surface area contributed by atoms with Gasteiger partial charge in [0.15, 0.2) is 0 Å². The van der Waals surface area contributed by atoms with Gasteiger partial charge in [-0.15, -0.1) is 0 Å². The minimum atomic E-state index is -0.214. The monoisotopic (exact) mass is 229 g/mol. The Morgan fingerprint density at radius 2 is 2.27 bits per heavy atom. The van der Waals surface area contributed by atoms with Crippen molar-refractivity contribution in [3.63, 3.8) is 0 Å². The minimum absolute atomic E-state index is 0.214. The third-order valence-corrected chi connectivity index (χ3v) is 3.11. The topological polar surface area (TPSA) is 35.2 Å². The summed E-state index contributed by atoms with van der Waals surface area (Å²) in [7, 11) is 1.68. The summed E-state index contributed by atoms with van der Waals surface area (Å²) >= 11 is 1.67. The molecular weight excluding hydrogens is 213 g/mol. The summed E-state index contributed by atoms with van der Waals surface area (Å²) in [6.45, 7) is 0.750. The standard InChI is InChI=1S/C11H16FNOS/c1-14-6-3-7-15-8-9-10(12)4-2-5-11(9)13/h2,4-5H,3,6-8,13H2,1H3. The fourth-order valence-electron chi connectivity index (χ4n) is 1.21. The van der Waals surface area contributed by atoms with Gasteiger partial charge in [0.1, 0.15) is 5.82 Å². The highest BCUT2D eigenvalue weighted by Crippen LogP contribution is 2.21. The van der Waals surface area contributed by atoms with Crippen LogP contribution >= 0.6 is 11.8 Å². The molecule has 0 saturated heterocycles. The van der Waals surface area contributed by atoms with Gasteiger partial charge in [-0.25, -0.2) is 4.39 Å². The highest BCUT2D eigenvalue weighted by atomic mass is 32.2. The van der Waals surface area contributed by atoms with Gasteiger partial charge in [0.25, 0.3) is 0 Å². The van der Waals surface area contributed by atoms with E-state index in [0.717, 1.165) is 18.8 Å². The Bertz CT molecular complexity index is 286. The van der Waals surface area contributed by atoms with Crippen LogP contribution in [0.4, 0.5) is 10.1 Å². The average molecular weight is 229 g/mol. The largest absolute Gasteiger partial charge is 0.398 e. The van der Waals surface area contributed by atoms with Crippen LogP contribution in [0.5, 0.6) is 0 Å². The highest BCUT2D eigenvalue weighted by Gasteiger charge is 2.05. The highest BCUT2D eigenvalue weighted by molar-refractivity contribution is 7.98. The smallest absolute Gasteiger partial charge is 0.129 e. The van der Waals surface area contributed by atoms with Gasteiger partial charge in [0.05, 0.1) is 0 Å². The van der Waals surface area contributed by atoms with Crippen molar-refractivity contribution in [2.45, 2.75) is 12.2 Å². The van der Waals surface area contributed by atoms with E-state index in [1.165, 1.54) is 6.07 Å². The number of thioether (sulfide) groups is 1.